The standard InChI is InChI=1S/C26H38N2OS/c1-18(10-15-29)28-13-8-19(9-14-28)24-27-23(17-30-24)20-6-7-21-22(16-20)26(4,5)12-11-25(21,2)3/h6-7,16-19,29H,8-15H2,1-5H3. The van der Waals surface area contributed by atoms with Crippen LogP contribution in [0, 0.1) is 0 Å². The molecule has 0 saturated carbocycles. The van der Waals surface area contributed by atoms with Gasteiger partial charge < -0.3 is 10.0 Å². The van der Waals surface area contributed by atoms with Gasteiger partial charge >= 0.3 is 0 Å². The molecule has 1 atom stereocenters. The van der Waals surface area contributed by atoms with Gasteiger partial charge in [0.2, 0.25) is 0 Å². The van der Waals surface area contributed by atoms with E-state index in [0.717, 1.165) is 25.2 Å². The van der Waals surface area contributed by atoms with Gasteiger partial charge in [0.25, 0.3) is 0 Å². The second-order valence-electron chi connectivity index (χ2n) is 10.8. The first-order valence-corrected chi connectivity index (χ1v) is 12.5. The fourth-order valence-corrected chi connectivity index (χ4v) is 6.31. The number of rotatable bonds is 5. The summed E-state index contributed by atoms with van der Waals surface area (Å²) in [7, 11) is 0. The number of thiazole rings is 1. The first kappa shape index (κ1) is 22.0. The number of aliphatic hydroxyl groups is 1. The predicted molar refractivity (Wildman–Crippen MR) is 128 cm³/mol. The third-order valence-electron chi connectivity index (χ3n) is 7.72. The molecule has 30 heavy (non-hydrogen) atoms. The van der Waals surface area contributed by atoms with Crippen molar-refractivity contribution in [1.82, 2.24) is 9.88 Å². The Morgan fingerprint density at radius 3 is 2.43 bits per heavy atom. The Labute approximate surface area is 186 Å². The summed E-state index contributed by atoms with van der Waals surface area (Å²) in [6, 6.07) is 7.56. The summed E-state index contributed by atoms with van der Waals surface area (Å²) in [5.41, 5.74) is 5.94. The number of hydrogen-bond acceptors (Lipinski definition) is 4. The highest BCUT2D eigenvalue weighted by Crippen LogP contribution is 2.47. The summed E-state index contributed by atoms with van der Waals surface area (Å²) in [5.74, 6) is 0.578. The van der Waals surface area contributed by atoms with Gasteiger partial charge in [0.15, 0.2) is 0 Å². The number of fused-ring (bicyclic) bond motifs is 1. The number of piperidine rings is 1. The fourth-order valence-electron chi connectivity index (χ4n) is 5.31. The highest BCUT2D eigenvalue weighted by Gasteiger charge is 2.37. The number of aliphatic hydroxyl groups excluding tert-OH is 1. The van der Waals surface area contributed by atoms with Crippen LogP contribution < -0.4 is 0 Å². The van der Waals surface area contributed by atoms with E-state index in [4.69, 9.17) is 4.98 Å². The average molecular weight is 427 g/mol. The minimum absolute atomic E-state index is 0.234. The molecule has 1 fully saturated rings. The molecular formula is C26H38N2OS. The molecule has 1 N–H and O–H groups in total. The lowest BCUT2D eigenvalue weighted by Gasteiger charge is -2.42. The zero-order valence-electron chi connectivity index (χ0n) is 19.4. The molecule has 1 aliphatic heterocycles. The van der Waals surface area contributed by atoms with E-state index in [2.05, 4.69) is 63.1 Å². The van der Waals surface area contributed by atoms with Crippen molar-refractivity contribution < 1.29 is 5.11 Å². The van der Waals surface area contributed by atoms with Crippen molar-refractivity contribution in [3.63, 3.8) is 0 Å². The van der Waals surface area contributed by atoms with E-state index in [9.17, 15) is 5.11 Å². The molecule has 2 aliphatic rings. The number of nitrogens with zero attached hydrogens (tertiary/aromatic N) is 2. The van der Waals surface area contributed by atoms with E-state index in [1.165, 1.54) is 47.4 Å². The van der Waals surface area contributed by atoms with Crippen LogP contribution in [0.15, 0.2) is 23.6 Å². The van der Waals surface area contributed by atoms with E-state index >= 15 is 0 Å². The van der Waals surface area contributed by atoms with Gasteiger partial charge in [-0.3, -0.25) is 0 Å². The SMILES string of the molecule is CC(CCO)N1CCC(c2nc(-c3ccc4c(c3)C(C)(C)CCC4(C)C)cs2)CC1. The molecule has 4 rings (SSSR count). The van der Waals surface area contributed by atoms with Crippen LogP contribution >= 0.6 is 11.3 Å². The van der Waals surface area contributed by atoms with Crippen LogP contribution in [0.1, 0.15) is 88.8 Å². The van der Waals surface area contributed by atoms with Crippen LogP contribution in [0.2, 0.25) is 0 Å². The Balaban J connectivity index is 1.51. The highest BCUT2D eigenvalue weighted by atomic mass is 32.1. The number of benzene rings is 1. The van der Waals surface area contributed by atoms with E-state index in [1.807, 2.05) is 11.3 Å². The van der Waals surface area contributed by atoms with Crippen LogP contribution in [0.25, 0.3) is 11.3 Å². The Bertz CT molecular complexity index is 877. The molecule has 1 saturated heterocycles. The quantitative estimate of drug-likeness (QED) is 0.627. The van der Waals surface area contributed by atoms with Crippen LogP contribution in [0.5, 0.6) is 0 Å². The van der Waals surface area contributed by atoms with Gasteiger partial charge in [0.1, 0.15) is 0 Å². The van der Waals surface area contributed by atoms with Crippen LogP contribution in [-0.4, -0.2) is 40.7 Å². The molecule has 4 heteroatoms. The molecule has 1 aromatic carbocycles. The van der Waals surface area contributed by atoms with E-state index < -0.39 is 0 Å². The molecule has 0 amide bonds. The first-order chi connectivity index (χ1) is 14.2. The van der Waals surface area contributed by atoms with Crippen LogP contribution in [-0.2, 0) is 10.8 Å². The Morgan fingerprint density at radius 2 is 1.77 bits per heavy atom. The third-order valence-corrected chi connectivity index (χ3v) is 8.73. The number of hydrogen-bond donors (Lipinski definition) is 1. The largest absolute Gasteiger partial charge is 0.396 e. The lowest BCUT2D eigenvalue weighted by Crippen LogP contribution is -2.39. The Morgan fingerprint density at radius 1 is 1.10 bits per heavy atom. The Hall–Kier alpha value is -1.23. The van der Waals surface area contributed by atoms with Crippen LogP contribution in [0.3, 0.4) is 0 Å². The van der Waals surface area contributed by atoms with Crippen molar-refractivity contribution in [3.05, 3.63) is 39.7 Å². The second kappa shape index (κ2) is 8.37. The van der Waals surface area contributed by atoms with E-state index in [1.54, 1.807) is 0 Å². The predicted octanol–water partition coefficient (Wildman–Crippen LogP) is 6.11. The zero-order chi connectivity index (χ0) is 21.5. The molecule has 0 bridgehead atoms. The smallest absolute Gasteiger partial charge is 0.0964 e. The van der Waals surface area contributed by atoms with E-state index in [0.29, 0.717) is 12.0 Å². The molecule has 2 heterocycles. The normalized spacial score (nSPS) is 22.6. The summed E-state index contributed by atoms with van der Waals surface area (Å²) in [5, 5.41) is 12.8. The van der Waals surface area contributed by atoms with Crippen molar-refractivity contribution >= 4 is 11.3 Å². The van der Waals surface area contributed by atoms with Gasteiger partial charge in [-0.15, -0.1) is 11.3 Å². The minimum atomic E-state index is 0.234. The van der Waals surface area contributed by atoms with Gasteiger partial charge in [0.05, 0.1) is 10.7 Å². The molecule has 3 nitrogen and oxygen atoms in total. The molecule has 0 radical (unpaired) electrons. The van der Waals surface area contributed by atoms with Gasteiger partial charge in [-0.2, -0.15) is 0 Å². The molecule has 1 aromatic heterocycles. The van der Waals surface area contributed by atoms with Gasteiger partial charge in [-0.1, -0.05) is 39.8 Å². The maximum Gasteiger partial charge on any atom is 0.0964 e. The van der Waals surface area contributed by atoms with Gasteiger partial charge in [-0.05, 0) is 80.1 Å². The maximum atomic E-state index is 9.21. The van der Waals surface area contributed by atoms with Crippen molar-refractivity contribution in [2.75, 3.05) is 19.7 Å². The van der Waals surface area contributed by atoms with E-state index in [-0.39, 0.29) is 17.4 Å². The highest BCUT2D eigenvalue weighted by molar-refractivity contribution is 7.10. The molecular weight excluding hydrogens is 388 g/mol. The molecule has 0 spiro atoms. The zero-order valence-corrected chi connectivity index (χ0v) is 20.2. The first-order valence-electron chi connectivity index (χ1n) is 11.7. The summed E-state index contributed by atoms with van der Waals surface area (Å²) < 4.78 is 0. The van der Waals surface area contributed by atoms with Crippen LogP contribution in [0.4, 0.5) is 0 Å². The topological polar surface area (TPSA) is 36.4 Å². The van der Waals surface area contributed by atoms with Gasteiger partial charge in [0, 0.05) is 29.5 Å². The molecule has 1 aliphatic carbocycles. The maximum absolute atomic E-state index is 9.21. The summed E-state index contributed by atoms with van der Waals surface area (Å²) in [6.07, 6.45) is 5.72. The van der Waals surface area contributed by atoms with Crippen molar-refractivity contribution in [1.29, 1.82) is 0 Å². The summed E-state index contributed by atoms with van der Waals surface area (Å²) in [4.78, 5) is 7.63. The lowest BCUT2D eigenvalue weighted by atomic mass is 9.63. The van der Waals surface area contributed by atoms with Gasteiger partial charge in [-0.25, -0.2) is 4.98 Å². The molecule has 2 aromatic rings. The number of likely N-dealkylation sites (tertiary alicyclic amines) is 1. The third kappa shape index (κ3) is 4.24. The number of aromatic nitrogens is 1. The molecule has 1 unspecified atom stereocenters. The van der Waals surface area contributed by atoms with Crippen molar-refractivity contribution in [2.45, 2.75) is 89.5 Å². The second-order valence-corrected chi connectivity index (χ2v) is 11.7. The van der Waals surface area contributed by atoms with Crippen molar-refractivity contribution in [2.24, 2.45) is 0 Å². The Kier molecular flexibility index (Phi) is 6.13. The monoisotopic (exact) mass is 426 g/mol. The average Bonchev–Trinajstić information content (AvgIpc) is 3.22. The summed E-state index contributed by atoms with van der Waals surface area (Å²) >= 11 is 1.84. The summed E-state index contributed by atoms with van der Waals surface area (Å²) in [6.45, 7) is 14.3. The van der Waals surface area contributed by atoms with Crippen molar-refractivity contribution in [3.8, 4) is 11.3 Å². The fraction of sp³-hybridized carbons (Fsp3) is 0.654. The lowest BCUT2D eigenvalue weighted by molar-refractivity contribution is 0.135. The minimum Gasteiger partial charge on any atom is -0.396 e. The molecule has 164 valence electrons.